The van der Waals surface area contributed by atoms with Gasteiger partial charge in [0.05, 0.1) is 13.7 Å². The number of ether oxygens (including phenoxy) is 2. The SMILES string of the molecule is COc1ccccc1OCCCNc1ncc(-c2cccs2)c(-c2nccs2)n1. The van der Waals surface area contributed by atoms with E-state index in [1.54, 1.807) is 36.0 Å². The molecule has 29 heavy (non-hydrogen) atoms. The fourth-order valence-electron chi connectivity index (χ4n) is 2.78. The van der Waals surface area contributed by atoms with Crippen LogP contribution < -0.4 is 14.8 Å². The molecular formula is C21H20N4O2S2. The minimum atomic E-state index is 0.569. The minimum absolute atomic E-state index is 0.569. The molecule has 1 aromatic carbocycles. The number of thiazole rings is 1. The Balaban J connectivity index is 1.39. The van der Waals surface area contributed by atoms with Gasteiger partial charge in [0.25, 0.3) is 0 Å². The quantitative estimate of drug-likeness (QED) is 0.372. The van der Waals surface area contributed by atoms with Crippen LogP contribution in [0, 0.1) is 0 Å². The molecule has 0 saturated heterocycles. The summed E-state index contributed by atoms with van der Waals surface area (Å²) in [5.41, 5.74) is 1.85. The van der Waals surface area contributed by atoms with Gasteiger partial charge in [-0.2, -0.15) is 0 Å². The van der Waals surface area contributed by atoms with Crippen molar-refractivity contribution in [3.63, 3.8) is 0 Å². The van der Waals surface area contributed by atoms with Crippen molar-refractivity contribution in [3.8, 4) is 32.6 Å². The summed E-state index contributed by atoms with van der Waals surface area (Å²) in [5.74, 6) is 2.08. The van der Waals surface area contributed by atoms with Crippen molar-refractivity contribution < 1.29 is 9.47 Å². The van der Waals surface area contributed by atoms with E-state index in [2.05, 4.69) is 26.7 Å². The highest BCUT2D eigenvalue weighted by Crippen LogP contribution is 2.34. The Morgan fingerprint density at radius 1 is 1.00 bits per heavy atom. The zero-order valence-electron chi connectivity index (χ0n) is 15.9. The number of nitrogens with one attached hydrogen (secondary N) is 1. The summed E-state index contributed by atoms with van der Waals surface area (Å²) in [6.45, 7) is 1.27. The highest BCUT2D eigenvalue weighted by atomic mass is 32.1. The van der Waals surface area contributed by atoms with Gasteiger partial charge in [0, 0.05) is 34.8 Å². The lowest BCUT2D eigenvalue weighted by molar-refractivity contribution is 0.292. The molecule has 4 rings (SSSR count). The van der Waals surface area contributed by atoms with Gasteiger partial charge in [-0.05, 0) is 30.0 Å². The molecule has 0 aliphatic carbocycles. The summed E-state index contributed by atoms with van der Waals surface area (Å²) >= 11 is 3.24. The third-order valence-corrected chi connectivity index (χ3v) is 5.82. The van der Waals surface area contributed by atoms with Gasteiger partial charge >= 0.3 is 0 Å². The number of para-hydroxylation sites is 2. The van der Waals surface area contributed by atoms with Crippen molar-refractivity contribution in [1.29, 1.82) is 0 Å². The first-order valence-electron chi connectivity index (χ1n) is 9.15. The zero-order chi connectivity index (χ0) is 19.9. The molecule has 0 amide bonds. The van der Waals surface area contributed by atoms with Gasteiger partial charge in [-0.1, -0.05) is 18.2 Å². The number of thiophene rings is 1. The Morgan fingerprint density at radius 3 is 2.66 bits per heavy atom. The van der Waals surface area contributed by atoms with Gasteiger partial charge in [-0.15, -0.1) is 22.7 Å². The molecule has 0 spiro atoms. The molecule has 0 aliphatic heterocycles. The largest absolute Gasteiger partial charge is 0.493 e. The molecule has 4 aromatic rings. The first kappa shape index (κ1) is 19.4. The topological polar surface area (TPSA) is 69.2 Å². The second-order valence-electron chi connectivity index (χ2n) is 6.05. The Kier molecular flexibility index (Phi) is 6.33. The van der Waals surface area contributed by atoms with E-state index in [-0.39, 0.29) is 0 Å². The molecular weight excluding hydrogens is 404 g/mol. The average molecular weight is 425 g/mol. The monoisotopic (exact) mass is 424 g/mol. The third-order valence-electron chi connectivity index (χ3n) is 4.14. The van der Waals surface area contributed by atoms with Crippen LogP contribution in [0.4, 0.5) is 5.95 Å². The molecule has 148 valence electrons. The highest BCUT2D eigenvalue weighted by molar-refractivity contribution is 7.14. The predicted molar refractivity (Wildman–Crippen MR) is 118 cm³/mol. The lowest BCUT2D eigenvalue weighted by atomic mass is 10.2. The molecule has 8 heteroatoms. The van der Waals surface area contributed by atoms with Crippen LogP contribution in [0.2, 0.25) is 0 Å². The Hall–Kier alpha value is -2.97. The minimum Gasteiger partial charge on any atom is -0.493 e. The number of anilines is 1. The van der Waals surface area contributed by atoms with Crippen LogP contribution in [0.1, 0.15) is 6.42 Å². The van der Waals surface area contributed by atoms with Crippen molar-refractivity contribution in [2.24, 2.45) is 0 Å². The number of hydrogen-bond acceptors (Lipinski definition) is 8. The maximum Gasteiger partial charge on any atom is 0.223 e. The Bertz CT molecular complexity index is 1040. The molecule has 0 bridgehead atoms. The van der Waals surface area contributed by atoms with E-state index >= 15 is 0 Å². The lowest BCUT2D eigenvalue weighted by Gasteiger charge is -2.11. The predicted octanol–water partition coefficient (Wildman–Crippen LogP) is 5.22. The summed E-state index contributed by atoms with van der Waals surface area (Å²) in [4.78, 5) is 14.8. The van der Waals surface area contributed by atoms with Gasteiger partial charge < -0.3 is 14.8 Å². The van der Waals surface area contributed by atoms with Gasteiger partial charge in [0.1, 0.15) is 10.7 Å². The van der Waals surface area contributed by atoms with E-state index in [0.29, 0.717) is 19.1 Å². The summed E-state index contributed by atoms with van der Waals surface area (Å²) in [5, 5.41) is 8.18. The molecule has 0 fully saturated rings. The third kappa shape index (κ3) is 4.72. The van der Waals surface area contributed by atoms with E-state index in [4.69, 9.17) is 14.5 Å². The van der Waals surface area contributed by atoms with Crippen molar-refractivity contribution in [1.82, 2.24) is 15.0 Å². The van der Waals surface area contributed by atoms with Crippen LogP contribution >= 0.6 is 22.7 Å². The number of hydrogen-bond donors (Lipinski definition) is 1. The average Bonchev–Trinajstić information content (AvgIpc) is 3.48. The van der Waals surface area contributed by atoms with Crippen LogP contribution in [-0.4, -0.2) is 35.2 Å². The summed E-state index contributed by atoms with van der Waals surface area (Å²) in [6, 6.07) is 11.7. The summed E-state index contributed by atoms with van der Waals surface area (Å²) < 4.78 is 11.1. The number of aromatic nitrogens is 3. The van der Waals surface area contributed by atoms with Gasteiger partial charge in [0.2, 0.25) is 5.95 Å². The van der Waals surface area contributed by atoms with Gasteiger partial charge in [-0.25, -0.2) is 15.0 Å². The fourth-order valence-corrected chi connectivity index (χ4v) is 4.15. The molecule has 0 atom stereocenters. The molecule has 0 aliphatic rings. The summed E-state index contributed by atoms with van der Waals surface area (Å²) in [6.07, 6.45) is 4.46. The van der Waals surface area contributed by atoms with Gasteiger partial charge in [0.15, 0.2) is 11.5 Å². The van der Waals surface area contributed by atoms with E-state index < -0.39 is 0 Å². The molecule has 0 unspecified atom stereocenters. The van der Waals surface area contributed by atoms with Crippen molar-refractivity contribution in [2.45, 2.75) is 6.42 Å². The number of benzene rings is 1. The van der Waals surface area contributed by atoms with Crippen LogP contribution in [0.25, 0.3) is 21.1 Å². The number of methoxy groups -OCH3 is 1. The van der Waals surface area contributed by atoms with Crippen LogP contribution in [0.15, 0.2) is 59.6 Å². The second-order valence-corrected chi connectivity index (χ2v) is 7.89. The van der Waals surface area contributed by atoms with Crippen LogP contribution in [-0.2, 0) is 0 Å². The molecule has 6 nitrogen and oxygen atoms in total. The lowest BCUT2D eigenvalue weighted by Crippen LogP contribution is -2.10. The number of nitrogens with zero attached hydrogens (tertiary/aromatic N) is 3. The fraction of sp³-hybridized carbons (Fsp3) is 0.190. The molecule has 0 radical (unpaired) electrons. The smallest absolute Gasteiger partial charge is 0.223 e. The Labute approximate surface area is 177 Å². The van der Waals surface area contributed by atoms with Crippen molar-refractivity contribution in [3.05, 3.63) is 59.6 Å². The van der Waals surface area contributed by atoms with Crippen LogP contribution in [0.5, 0.6) is 11.5 Å². The van der Waals surface area contributed by atoms with Gasteiger partial charge in [-0.3, -0.25) is 0 Å². The number of rotatable bonds is 9. The van der Waals surface area contributed by atoms with Crippen molar-refractivity contribution >= 4 is 28.6 Å². The van der Waals surface area contributed by atoms with E-state index in [9.17, 15) is 0 Å². The maximum absolute atomic E-state index is 5.80. The highest BCUT2D eigenvalue weighted by Gasteiger charge is 2.14. The first-order chi connectivity index (χ1) is 14.3. The maximum atomic E-state index is 5.80. The van der Waals surface area contributed by atoms with E-state index in [1.807, 2.05) is 41.9 Å². The van der Waals surface area contributed by atoms with Crippen LogP contribution in [0.3, 0.4) is 0 Å². The molecule has 0 saturated carbocycles. The first-order valence-corrected chi connectivity index (χ1v) is 10.9. The van der Waals surface area contributed by atoms with Crippen molar-refractivity contribution in [2.75, 3.05) is 25.6 Å². The molecule has 1 N–H and O–H groups in total. The molecule has 3 heterocycles. The summed E-state index contributed by atoms with van der Waals surface area (Å²) in [7, 11) is 1.64. The Morgan fingerprint density at radius 2 is 1.90 bits per heavy atom. The zero-order valence-corrected chi connectivity index (χ0v) is 17.5. The second kappa shape index (κ2) is 9.49. The van der Waals surface area contributed by atoms with E-state index in [1.165, 1.54) is 0 Å². The molecule has 3 aromatic heterocycles. The standard InChI is InChI=1S/C21H20N4O2S2/c1-26-16-6-2-3-7-17(16)27-11-5-9-23-21-24-14-15(18-8-4-12-28-18)19(25-21)20-22-10-13-29-20/h2-4,6-8,10,12-14H,5,9,11H2,1H3,(H,23,24,25). The normalized spacial score (nSPS) is 10.7. The van der Waals surface area contributed by atoms with E-state index in [0.717, 1.165) is 39.1 Å².